The molecule has 0 N–H and O–H groups in total. The molecule has 103 heavy (non-hydrogen) atoms. The summed E-state index contributed by atoms with van der Waals surface area (Å²) in [7, 11) is 5.95. The number of aliphatic carboxylic acids is 1. The quantitative estimate of drug-likeness (QED) is 0.0195. The van der Waals surface area contributed by atoms with Crippen molar-refractivity contribution in [1.29, 1.82) is 0 Å². The topological polar surface area (TPSA) is 111 Å². The Bertz CT molecular complexity index is 2030. The molecule has 9 nitrogen and oxygen atoms in total. The third-order valence-corrected chi connectivity index (χ3v) is 19.8. The third-order valence-electron chi connectivity index (χ3n) is 19.8. The lowest BCUT2D eigenvalue weighted by atomic mass is 10.0. The average molecular weight is 1440 g/mol. The van der Waals surface area contributed by atoms with Crippen LogP contribution in [0, 0.1) is 0 Å². The van der Waals surface area contributed by atoms with E-state index in [1.165, 1.54) is 315 Å². The van der Waals surface area contributed by atoms with Crippen molar-refractivity contribution in [3.63, 3.8) is 0 Å². The van der Waals surface area contributed by atoms with Gasteiger partial charge in [0.15, 0.2) is 12.4 Å². The van der Waals surface area contributed by atoms with E-state index in [-0.39, 0.29) is 32.2 Å². The maximum absolute atomic E-state index is 13.0. The third kappa shape index (κ3) is 85.3. The smallest absolute Gasteiger partial charge is 0.306 e. The predicted molar refractivity (Wildman–Crippen MR) is 444 cm³/mol. The Morgan fingerprint density at radius 3 is 0.825 bits per heavy atom. The number of hydrogen-bond acceptors (Lipinski definition) is 8. The number of rotatable bonds is 83. The number of hydrogen-bond donors (Lipinski definition) is 0. The number of quaternary nitrogens is 1. The van der Waals surface area contributed by atoms with Crippen LogP contribution in [0.25, 0.3) is 0 Å². The van der Waals surface area contributed by atoms with Gasteiger partial charge >= 0.3 is 11.9 Å². The molecule has 0 spiro atoms. The number of carbonyl (C=O) groups excluding carboxylic acids is 3. The number of esters is 2. The van der Waals surface area contributed by atoms with Gasteiger partial charge in [-0.2, -0.15) is 0 Å². The summed E-state index contributed by atoms with van der Waals surface area (Å²) >= 11 is 0. The number of ether oxygens (including phenoxy) is 4. The average Bonchev–Trinajstić information content (AvgIpc) is 0.985. The molecule has 2 unspecified atom stereocenters. The van der Waals surface area contributed by atoms with Crippen LogP contribution in [-0.4, -0.2) is 82.3 Å². The fraction of sp³-hybridized carbons (Fsp3) is 0.798. The SMILES string of the molecule is CC/C=C\C/C=C\C/C=C\C/C=C\C/C=C\C/C=C\CCCCCCCCCCCCCCCCCCCCCCC(=O)OC(COC(=O)CCCCCCCCCCCCCCCCCCCCCCCCCCCCC/C=C\C/C=C\CCCCCCC)COC(OCC[N+](C)(C)C)C(=O)[O-]. The van der Waals surface area contributed by atoms with Crippen LogP contribution >= 0.6 is 0 Å². The summed E-state index contributed by atoms with van der Waals surface area (Å²) in [6, 6.07) is 0. The van der Waals surface area contributed by atoms with Gasteiger partial charge in [-0.3, -0.25) is 9.59 Å². The minimum atomic E-state index is -1.62. The van der Waals surface area contributed by atoms with Crippen LogP contribution in [0.2, 0.25) is 0 Å². The van der Waals surface area contributed by atoms with Crippen molar-refractivity contribution in [3.8, 4) is 0 Å². The van der Waals surface area contributed by atoms with Crippen LogP contribution in [0.15, 0.2) is 97.2 Å². The second kappa shape index (κ2) is 83.8. The van der Waals surface area contributed by atoms with Gasteiger partial charge < -0.3 is 33.3 Å². The Hall–Kier alpha value is -3.79. The number of unbranched alkanes of at least 4 members (excludes halogenated alkanes) is 52. The van der Waals surface area contributed by atoms with Gasteiger partial charge in [0.1, 0.15) is 13.2 Å². The monoisotopic (exact) mass is 1440 g/mol. The largest absolute Gasteiger partial charge is 0.545 e. The van der Waals surface area contributed by atoms with Crippen LogP contribution in [0.5, 0.6) is 0 Å². The molecule has 598 valence electrons. The second-order valence-corrected chi connectivity index (χ2v) is 31.2. The summed E-state index contributed by atoms with van der Waals surface area (Å²) in [6.45, 7) is 4.69. The Morgan fingerprint density at radius 1 is 0.301 bits per heavy atom. The van der Waals surface area contributed by atoms with Gasteiger partial charge in [-0.25, -0.2) is 0 Å². The highest BCUT2D eigenvalue weighted by atomic mass is 16.7. The van der Waals surface area contributed by atoms with E-state index in [0.717, 1.165) is 77.0 Å². The molecular formula is C94H169NO8. The van der Waals surface area contributed by atoms with Crippen LogP contribution in [0.3, 0.4) is 0 Å². The maximum atomic E-state index is 13.0. The molecule has 0 amide bonds. The lowest BCUT2D eigenvalue weighted by Crippen LogP contribution is -2.44. The van der Waals surface area contributed by atoms with Gasteiger partial charge in [0.05, 0.1) is 40.3 Å². The Morgan fingerprint density at radius 2 is 0.553 bits per heavy atom. The first-order valence-electron chi connectivity index (χ1n) is 44.4. The summed E-state index contributed by atoms with van der Waals surface area (Å²) in [5, 5.41) is 11.9. The summed E-state index contributed by atoms with van der Waals surface area (Å²) in [5.74, 6) is -2.25. The van der Waals surface area contributed by atoms with E-state index < -0.39 is 24.3 Å². The van der Waals surface area contributed by atoms with E-state index in [1.54, 1.807) is 0 Å². The van der Waals surface area contributed by atoms with Gasteiger partial charge in [0.25, 0.3) is 0 Å². The van der Waals surface area contributed by atoms with Crippen molar-refractivity contribution in [3.05, 3.63) is 97.2 Å². The molecule has 0 aliphatic heterocycles. The summed E-state index contributed by atoms with van der Waals surface area (Å²) in [4.78, 5) is 37.7. The standard InChI is InChI=1S/C94H169NO8/c1-6-8-10-12-14-16-18-20-22-24-26-28-30-32-34-36-38-40-42-44-46-48-50-52-54-56-58-60-62-64-66-68-70-72-74-76-78-80-82-84-91(96)101-88-90(89-102-94(93(98)99)100-87-86-95(3,4)5)103-92(97)85-83-81-79-77-75-73-71-69-67-65-63-61-59-57-55-53-51-49-47-45-43-41-39-37-35-33-31-29-27-25-23-21-19-17-15-13-11-9-7-2/h9,11,15,17-18,20-21,23-24,26-27,29,33,35,39,41,90,94H,6-8,10,12-14,16,19,22,25,28,30-32,34,36-38,40,42-89H2,1-5H3/b11-9-,17-15-,20-18-,23-21-,26-24-,29-27-,35-33-,41-39-. The molecule has 0 aliphatic rings. The number of carbonyl (C=O) groups is 3. The second-order valence-electron chi connectivity index (χ2n) is 31.2. The minimum absolute atomic E-state index is 0.149. The van der Waals surface area contributed by atoms with E-state index >= 15 is 0 Å². The predicted octanol–water partition coefficient (Wildman–Crippen LogP) is 27.7. The zero-order valence-corrected chi connectivity index (χ0v) is 68.7. The molecule has 0 bridgehead atoms. The molecule has 0 saturated carbocycles. The van der Waals surface area contributed by atoms with Crippen molar-refractivity contribution in [2.45, 2.75) is 437 Å². The van der Waals surface area contributed by atoms with Crippen LogP contribution in [0.1, 0.15) is 425 Å². The van der Waals surface area contributed by atoms with E-state index in [4.69, 9.17) is 18.9 Å². The molecule has 9 heteroatoms. The normalized spacial score (nSPS) is 13.1. The lowest BCUT2D eigenvalue weighted by molar-refractivity contribution is -0.870. The Kier molecular flexibility index (Phi) is 80.8. The first-order chi connectivity index (χ1) is 50.6. The fourth-order valence-electron chi connectivity index (χ4n) is 13.1. The molecule has 0 heterocycles. The molecule has 0 rings (SSSR count). The van der Waals surface area contributed by atoms with Crippen molar-refractivity contribution in [2.75, 3.05) is 47.5 Å². The van der Waals surface area contributed by atoms with E-state index in [1.807, 2.05) is 21.1 Å². The Balaban J connectivity index is 3.93. The van der Waals surface area contributed by atoms with Crippen molar-refractivity contribution in [1.82, 2.24) is 0 Å². The Labute approximate surface area is 639 Å². The lowest BCUT2D eigenvalue weighted by Gasteiger charge is -2.26. The van der Waals surface area contributed by atoms with E-state index in [9.17, 15) is 19.5 Å². The zero-order valence-electron chi connectivity index (χ0n) is 68.7. The first kappa shape index (κ1) is 99.2. The summed E-state index contributed by atoms with van der Waals surface area (Å²) in [6.07, 6.45) is 114. The van der Waals surface area contributed by atoms with Gasteiger partial charge in [0.2, 0.25) is 0 Å². The molecule has 0 fully saturated rings. The highest BCUT2D eigenvalue weighted by Gasteiger charge is 2.22. The summed E-state index contributed by atoms with van der Waals surface area (Å²) < 4.78 is 22.9. The number of carboxylic acids is 1. The van der Waals surface area contributed by atoms with Gasteiger partial charge in [-0.1, -0.05) is 413 Å². The molecule has 0 aromatic carbocycles. The fourth-order valence-corrected chi connectivity index (χ4v) is 13.1. The summed E-state index contributed by atoms with van der Waals surface area (Å²) in [5.41, 5.74) is 0. The molecule has 2 atom stereocenters. The molecule has 0 aromatic heterocycles. The van der Waals surface area contributed by atoms with Gasteiger partial charge in [0, 0.05) is 12.8 Å². The number of nitrogens with zero attached hydrogens (tertiary/aromatic N) is 1. The zero-order chi connectivity index (χ0) is 74.6. The number of carboxylic acid groups (broad SMARTS) is 1. The van der Waals surface area contributed by atoms with Crippen molar-refractivity contribution < 1.29 is 42.9 Å². The van der Waals surface area contributed by atoms with Crippen LogP contribution < -0.4 is 5.11 Å². The van der Waals surface area contributed by atoms with E-state index in [2.05, 4.69) is 111 Å². The molecular weight excluding hydrogens is 1270 g/mol. The van der Waals surface area contributed by atoms with Gasteiger partial charge in [-0.05, 0) is 96.3 Å². The highest BCUT2D eigenvalue weighted by molar-refractivity contribution is 5.70. The van der Waals surface area contributed by atoms with Crippen LogP contribution in [-0.2, 0) is 33.3 Å². The van der Waals surface area contributed by atoms with Gasteiger partial charge in [-0.15, -0.1) is 0 Å². The van der Waals surface area contributed by atoms with Crippen LogP contribution in [0.4, 0.5) is 0 Å². The molecule has 0 radical (unpaired) electrons. The number of allylic oxidation sites excluding steroid dienone is 16. The molecule has 0 aliphatic carbocycles. The van der Waals surface area contributed by atoms with Crippen molar-refractivity contribution >= 4 is 17.9 Å². The van der Waals surface area contributed by atoms with Crippen molar-refractivity contribution in [2.24, 2.45) is 0 Å². The number of likely N-dealkylation sites (N-methyl/N-ethyl adjacent to an activating group) is 1. The minimum Gasteiger partial charge on any atom is -0.545 e. The first-order valence-corrected chi connectivity index (χ1v) is 44.4. The molecule has 0 aromatic rings. The maximum Gasteiger partial charge on any atom is 0.306 e. The highest BCUT2D eigenvalue weighted by Crippen LogP contribution is 2.20. The van der Waals surface area contributed by atoms with E-state index in [0.29, 0.717) is 23.9 Å². The molecule has 0 saturated heterocycles.